The first kappa shape index (κ1) is 17.1. The Morgan fingerprint density at radius 2 is 1.68 bits per heavy atom. The minimum atomic E-state index is -4.44. The van der Waals surface area contributed by atoms with E-state index in [1.165, 1.54) is 17.5 Å². The van der Waals surface area contributed by atoms with Gasteiger partial charge in [0.1, 0.15) is 0 Å². The summed E-state index contributed by atoms with van der Waals surface area (Å²) in [5.74, 6) is -0.203. The molecule has 0 N–H and O–H groups in total. The van der Waals surface area contributed by atoms with Crippen LogP contribution in [0.2, 0.25) is 0 Å². The van der Waals surface area contributed by atoms with Crippen LogP contribution < -0.4 is 4.90 Å². The maximum atomic E-state index is 13.1. The van der Waals surface area contributed by atoms with Gasteiger partial charge in [-0.2, -0.15) is 13.2 Å². The lowest BCUT2D eigenvalue weighted by Gasteiger charge is -2.12. The van der Waals surface area contributed by atoms with E-state index in [9.17, 15) is 18.0 Å². The summed E-state index contributed by atoms with van der Waals surface area (Å²) in [6.45, 7) is 1.40. The topological polar surface area (TPSA) is 24.7 Å². The Balaban J connectivity index is 2.24. The van der Waals surface area contributed by atoms with Gasteiger partial charge in [-0.3, -0.25) is 4.79 Å². The Labute approximate surface area is 143 Å². The SMILES string of the molecule is CC(=O)c1cc(-c2ccc(N(C)C)cc2)c2cc(C(F)(F)F)ccn12. The molecule has 25 heavy (non-hydrogen) atoms. The van der Waals surface area contributed by atoms with Crippen LogP contribution in [0.25, 0.3) is 16.6 Å². The van der Waals surface area contributed by atoms with Crippen LogP contribution in [0.15, 0.2) is 48.7 Å². The molecule has 130 valence electrons. The molecule has 0 unspecified atom stereocenters. The van der Waals surface area contributed by atoms with E-state index < -0.39 is 11.7 Å². The average Bonchev–Trinajstić information content (AvgIpc) is 2.93. The second kappa shape index (κ2) is 5.95. The molecule has 0 radical (unpaired) electrons. The minimum Gasteiger partial charge on any atom is -0.378 e. The molecule has 3 nitrogen and oxygen atoms in total. The minimum absolute atomic E-state index is 0.203. The van der Waals surface area contributed by atoms with E-state index >= 15 is 0 Å². The molecular weight excluding hydrogens is 329 g/mol. The summed E-state index contributed by atoms with van der Waals surface area (Å²) in [5.41, 5.74) is 2.32. The van der Waals surface area contributed by atoms with Crippen molar-refractivity contribution in [2.45, 2.75) is 13.1 Å². The number of rotatable bonds is 3. The molecule has 2 aromatic heterocycles. The molecule has 0 spiro atoms. The smallest absolute Gasteiger partial charge is 0.378 e. The molecule has 3 rings (SSSR count). The van der Waals surface area contributed by atoms with E-state index in [4.69, 9.17) is 0 Å². The number of Topliss-reactive ketones (excluding diaryl/α,β-unsaturated/α-hetero) is 1. The predicted molar refractivity (Wildman–Crippen MR) is 92.2 cm³/mol. The lowest BCUT2D eigenvalue weighted by molar-refractivity contribution is -0.137. The fourth-order valence-corrected chi connectivity index (χ4v) is 2.82. The lowest BCUT2D eigenvalue weighted by atomic mass is 10.1. The maximum Gasteiger partial charge on any atom is 0.416 e. The first-order valence-electron chi connectivity index (χ1n) is 7.69. The number of ketones is 1. The van der Waals surface area contributed by atoms with Crippen LogP contribution in [0, 0.1) is 0 Å². The summed E-state index contributed by atoms with van der Waals surface area (Å²) in [7, 11) is 3.82. The maximum absolute atomic E-state index is 13.1. The molecule has 0 aliphatic heterocycles. The van der Waals surface area contributed by atoms with Crippen LogP contribution in [0.5, 0.6) is 0 Å². The molecule has 0 aliphatic rings. The number of pyridine rings is 1. The third-order valence-electron chi connectivity index (χ3n) is 4.15. The van der Waals surface area contributed by atoms with Crippen LogP contribution >= 0.6 is 0 Å². The van der Waals surface area contributed by atoms with Crippen LogP contribution in [0.3, 0.4) is 0 Å². The average molecular weight is 346 g/mol. The molecule has 0 saturated carbocycles. The van der Waals surface area contributed by atoms with Crippen LogP contribution in [0.4, 0.5) is 18.9 Å². The molecule has 0 saturated heterocycles. The van der Waals surface area contributed by atoms with Crippen molar-refractivity contribution in [2.75, 3.05) is 19.0 Å². The van der Waals surface area contributed by atoms with Crippen molar-refractivity contribution in [3.05, 3.63) is 59.9 Å². The summed E-state index contributed by atoms with van der Waals surface area (Å²) in [4.78, 5) is 13.8. The number of hydrogen-bond acceptors (Lipinski definition) is 2. The second-order valence-corrected chi connectivity index (χ2v) is 6.11. The largest absolute Gasteiger partial charge is 0.416 e. The van der Waals surface area contributed by atoms with Gasteiger partial charge in [0.25, 0.3) is 0 Å². The first-order valence-corrected chi connectivity index (χ1v) is 7.69. The van der Waals surface area contributed by atoms with Crippen LogP contribution in [-0.4, -0.2) is 24.3 Å². The highest BCUT2D eigenvalue weighted by atomic mass is 19.4. The van der Waals surface area contributed by atoms with Gasteiger partial charge >= 0.3 is 6.18 Å². The number of benzene rings is 1. The van der Waals surface area contributed by atoms with Gasteiger partial charge in [0.2, 0.25) is 0 Å². The molecule has 0 atom stereocenters. The monoisotopic (exact) mass is 346 g/mol. The third kappa shape index (κ3) is 3.12. The molecule has 0 fully saturated rings. The van der Waals surface area contributed by atoms with E-state index in [0.717, 1.165) is 23.4 Å². The number of hydrogen-bond donors (Lipinski definition) is 0. The Kier molecular flexibility index (Phi) is 4.06. The number of nitrogens with zero attached hydrogens (tertiary/aromatic N) is 2. The Morgan fingerprint density at radius 1 is 1.04 bits per heavy atom. The van der Waals surface area contributed by atoms with Crippen molar-refractivity contribution < 1.29 is 18.0 Å². The number of halogens is 3. The van der Waals surface area contributed by atoms with E-state index in [1.807, 2.05) is 43.3 Å². The number of fused-ring (bicyclic) bond motifs is 1. The van der Waals surface area contributed by atoms with Gasteiger partial charge < -0.3 is 9.30 Å². The lowest BCUT2D eigenvalue weighted by Crippen LogP contribution is -2.07. The highest BCUT2D eigenvalue weighted by molar-refractivity contribution is 5.98. The fourth-order valence-electron chi connectivity index (χ4n) is 2.82. The number of aromatic nitrogens is 1. The Hall–Kier alpha value is -2.76. The van der Waals surface area contributed by atoms with Crippen molar-refractivity contribution in [1.82, 2.24) is 4.40 Å². The van der Waals surface area contributed by atoms with E-state index in [1.54, 1.807) is 6.07 Å². The van der Waals surface area contributed by atoms with Gasteiger partial charge in [0.15, 0.2) is 5.78 Å². The van der Waals surface area contributed by atoms with Gasteiger partial charge in [-0.05, 0) is 35.9 Å². The molecule has 0 aliphatic carbocycles. The summed E-state index contributed by atoms with van der Waals surface area (Å²) >= 11 is 0. The van der Waals surface area contributed by atoms with Gasteiger partial charge in [-0.1, -0.05) is 12.1 Å². The highest BCUT2D eigenvalue weighted by Gasteiger charge is 2.31. The zero-order valence-electron chi connectivity index (χ0n) is 14.1. The van der Waals surface area contributed by atoms with E-state index in [-0.39, 0.29) is 5.78 Å². The van der Waals surface area contributed by atoms with Gasteiger partial charge in [-0.15, -0.1) is 0 Å². The first-order chi connectivity index (χ1) is 11.7. The number of anilines is 1. The second-order valence-electron chi connectivity index (χ2n) is 6.11. The summed E-state index contributed by atoms with van der Waals surface area (Å²) in [6, 6.07) is 11.2. The van der Waals surface area contributed by atoms with Gasteiger partial charge in [0.05, 0.1) is 16.8 Å². The molecule has 2 heterocycles. The van der Waals surface area contributed by atoms with Gasteiger partial charge in [0, 0.05) is 38.5 Å². The Bertz CT molecular complexity index is 938. The molecule has 3 aromatic rings. The number of carbonyl (C=O) groups excluding carboxylic acids is 1. The number of carbonyl (C=O) groups is 1. The number of alkyl halides is 3. The molecular formula is C19H17F3N2O. The van der Waals surface area contributed by atoms with Crippen molar-refractivity contribution in [2.24, 2.45) is 0 Å². The van der Waals surface area contributed by atoms with E-state index in [0.29, 0.717) is 16.8 Å². The Morgan fingerprint density at radius 3 is 2.20 bits per heavy atom. The van der Waals surface area contributed by atoms with Crippen molar-refractivity contribution in [3.63, 3.8) is 0 Å². The molecule has 1 aromatic carbocycles. The standard InChI is InChI=1S/C19H17F3N2O/c1-12(25)17-11-16(13-4-6-15(7-5-13)23(2)3)18-10-14(19(20,21)22)8-9-24(17)18/h4-11H,1-3H3. The third-order valence-corrected chi connectivity index (χ3v) is 4.15. The highest BCUT2D eigenvalue weighted by Crippen LogP contribution is 2.35. The van der Waals surface area contributed by atoms with Crippen molar-refractivity contribution in [1.29, 1.82) is 0 Å². The molecule has 0 bridgehead atoms. The summed E-state index contributed by atoms with van der Waals surface area (Å²) in [5, 5.41) is 0. The van der Waals surface area contributed by atoms with Crippen LogP contribution in [0.1, 0.15) is 23.0 Å². The molecule has 0 amide bonds. The van der Waals surface area contributed by atoms with Crippen molar-refractivity contribution in [3.8, 4) is 11.1 Å². The fraction of sp³-hybridized carbons (Fsp3) is 0.211. The zero-order valence-corrected chi connectivity index (χ0v) is 14.1. The van der Waals surface area contributed by atoms with E-state index in [2.05, 4.69) is 0 Å². The summed E-state index contributed by atoms with van der Waals surface area (Å²) < 4.78 is 40.7. The van der Waals surface area contributed by atoms with Crippen LogP contribution in [-0.2, 0) is 6.18 Å². The zero-order chi connectivity index (χ0) is 18.4. The molecule has 6 heteroatoms. The predicted octanol–water partition coefficient (Wildman–Crippen LogP) is 4.89. The quantitative estimate of drug-likeness (QED) is 0.631. The normalized spacial score (nSPS) is 11.8. The van der Waals surface area contributed by atoms with Gasteiger partial charge in [-0.25, -0.2) is 0 Å². The summed E-state index contributed by atoms with van der Waals surface area (Å²) in [6.07, 6.45) is -3.14. The van der Waals surface area contributed by atoms with Crippen molar-refractivity contribution >= 4 is 17.0 Å².